The Labute approximate surface area is 200 Å². The van der Waals surface area contributed by atoms with E-state index in [0.717, 1.165) is 55.4 Å². The predicted octanol–water partition coefficient (Wildman–Crippen LogP) is 4.56. The van der Waals surface area contributed by atoms with Crippen LogP contribution in [0.5, 0.6) is 5.75 Å². The van der Waals surface area contributed by atoms with Crippen molar-refractivity contribution < 1.29 is 18.7 Å². The average Bonchev–Trinajstić information content (AvgIpc) is 3.36. The molecule has 2 aromatic rings. The van der Waals surface area contributed by atoms with E-state index in [-0.39, 0.29) is 29.0 Å². The lowest BCUT2D eigenvalue weighted by atomic mass is 9.62. The molecule has 180 valence electrons. The van der Waals surface area contributed by atoms with Gasteiger partial charge in [0.25, 0.3) is 0 Å². The van der Waals surface area contributed by atoms with Crippen molar-refractivity contribution in [2.75, 3.05) is 26.7 Å². The monoisotopic (exact) mass is 464 g/mol. The summed E-state index contributed by atoms with van der Waals surface area (Å²) in [4.78, 5) is 28.5. The molecule has 6 heteroatoms. The molecular formula is C28H33FN2O3. The van der Waals surface area contributed by atoms with Crippen LogP contribution in [0.2, 0.25) is 0 Å². The molecule has 0 bridgehead atoms. The summed E-state index contributed by atoms with van der Waals surface area (Å²) >= 11 is 0. The molecule has 0 unspecified atom stereocenters. The molecule has 1 N–H and O–H groups in total. The van der Waals surface area contributed by atoms with Crippen molar-refractivity contribution in [2.24, 2.45) is 5.41 Å². The summed E-state index contributed by atoms with van der Waals surface area (Å²) in [7, 11) is 1.66. The molecule has 1 saturated carbocycles. The Bertz CT molecular complexity index is 1050. The van der Waals surface area contributed by atoms with Crippen molar-refractivity contribution in [2.45, 2.75) is 56.3 Å². The summed E-state index contributed by atoms with van der Waals surface area (Å²) < 4.78 is 19.0. The first kappa shape index (κ1) is 22.9. The van der Waals surface area contributed by atoms with Crippen LogP contribution in [0.1, 0.15) is 62.0 Å². The molecule has 3 aliphatic rings. The molecule has 0 aromatic heterocycles. The Morgan fingerprint density at radius 2 is 1.76 bits per heavy atom. The second-order valence-electron chi connectivity index (χ2n) is 10.3. The number of amides is 2. The maximum atomic E-state index is 14.0. The topological polar surface area (TPSA) is 58.6 Å². The van der Waals surface area contributed by atoms with Crippen LogP contribution in [0, 0.1) is 11.2 Å². The lowest BCUT2D eigenvalue weighted by Gasteiger charge is -2.50. The van der Waals surface area contributed by atoms with Crippen LogP contribution < -0.4 is 10.1 Å². The van der Waals surface area contributed by atoms with Crippen LogP contribution in [-0.2, 0) is 15.0 Å². The minimum Gasteiger partial charge on any atom is -0.497 e. The Balaban J connectivity index is 1.38. The summed E-state index contributed by atoms with van der Waals surface area (Å²) in [6, 6.07) is 14.6. The highest BCUT2D eigenvalue weighted by Gasteiger charge is 2.50. The predicted molar refractivity (Wildman–Crippen MR) is 128 cm³/mol. The van der Waals surface area contributed by atoms with Crippen molar-refractivity contribution in [3.05, 3.63) is 65.5 Å². The summed E-state index contributed by atoms with van der Waals surface area (Å²) in [5.74, 6) is 0.942. The number of carbonyl (C=O) groups is 2. The third-order valence-corrected chi connectivity index (χ3v) is 8.56. The maximum Gasteiger partial charge on any atom is 0.233 e. The summed E-state index contributed by atoms with van der Waals surface area (Å²) in [5, 5.41) is 3.01. The van der Waals surface area contributed by atoms with Gasteiger partial charge in [-0.25, -0.2) is 4.39 Å². The van der Waals surface area contributed by atoms with E-state index >= 15 is 0 Å². The van der Waals surface area contributed by atoms with Gasteiger partial charge in [0.05, 0.1) is 12.5 Å². The number of nitrogens with one attached hydrogen (secondary N) is 1. The standard InChI is InChI=1S/C28H33FN2O3/c1-34-23-6-4-5-21(17-23)28(11-2-3-12-28)26(33)31-15-13-27(14-16-31)18-25(32)30-19-24(27)20-7-9-22(29)10-8-20/h4-10,17,24H,2-3,11-16,18-19H2,1H3,(H,30,32)/t24-/m0/s1. The zero-order chi connectivity index (χ0) is 23.8. The van der Waals surface area contributed by atoms with E-state index in [2.05, 4.69) is 11.4 Å². The Morgan fingerprint density at radius 3 is 2.44 bits per heavy atom. The van der Waals surface area contributed by atoms with Gasteiger partial charge >= 0.3 is 0 Å². The van der Waals surface area contributed by atoms with Crippen molar-refractivity contribution in [1.29, 1.82) is 0 Å². The third kappa shape index (κ3) is 3.97. The number of halogens is 1. The van der Waals surface area contributed by atoms with Gasteiger partial charge in [0.2, 0.25) is 11.8 Å². The molecule has 5 nitrogen and oxygen atoms in total. The minimum absolute atomic E-state index is 0.0711. The van der Waals surface area contributed by atoms with Crippen LogP contribution in [-0.4, -0.2) is 43.5 Å². The van der Waals surface area contributed by atoms with Crippen molar-refractivity contribution >= 4 is 11.8 Å². The highest BCUT2D eigenvalue weighted by molar-refractivity contribution is 5.89. The van der Waals surface area contributed by atoms with E-state index in [1.165, 1.54) is 12.1 Å². The quantitative estimate of drug-likeness (QED) is 0.722. The lowest BCUT2D eigenvalue weighted by molar-refractivity contribution is -0.141. The minimum atomic E-state index is -0.487. The Morgan fingerprint density at radius 1 is 1.06 bits per heavy atom. The van der Waals surface area contributed by atoms with Crippen molar-refractivity contribution in [1.82, 2.24) is 10.2 Å². The number of piperidine rings is 2. The molecule has 2 saturated heterocycles. The Kier molecular flexibility index (Phi) is 6.09. The lowest BCUT2D eigenvalue weighted by Crippen LogP contribution is -2.55. The fourth-order valence-electron chi connectivity index (χ4n) is 6.61. The highest BCUT2D eigenvalue weighted by atomic mass is 19.1. The van der Waals surface area contributed by atoms with Crippen molar-refractivity contribution in [3.63, 3.8) is 0 Å². The molecule has 2 aromatic carbocycles. The van der Waals surface area contributed by atoms with E-state index in [1.54, 1.807) is 7.11 Å². The second kappa shape index (κ2) is 9.05. The number of benzene rings is 2. The smallest absolute Gasteiger partial charge is 0.233 e. The number of likely N-dealkylation sites (tertiary alicyclic amines) is 1. The highest BCUT2D eigenvalue weighted by Crippen LogP contribution is 2.50. The fourth-order valence-corrected chi connectivity index (χ4v) is 6.61. The van der Waals surface area contributed by atoms with E-state index in [1.807, 2.05) is 35.2 Å². The summed E-state index contributed by atoms with van der Waals surface area (Å²) in [6.45, 7) is 1.86. The number of hydrogen-bond acceptors (Lipinski definition) is 3. The summed E-state index contributed by atoms with van der Waals surface area (Å²) in [5.41, 5.74) is 1.43. The van der Waals surface area contributed by atoms with E-state index < -0.39 is 5.41 Å². The van der Waals surface area contributed by atoms with Gasteiger partial charge < -0.3 is 15.0 Å². The number of nitrogens with zero attached hydrogens (tertiary/aromatic N) is 1. The summed E-state index contributed by atoms with van der Waals surface area (Å²) in [6.07, 6.45) is 5.84. The molecule has 2 aliphatic heterocycles. The van der Waals surface area contributed by atoms with Gasteiger partial charge in [-0.3, -0.25) is 9.59 Å². The zero-order valence-corrected chi connectivity index (χ0v) is 19.8. The zero-order valence-electron chi connectivity index (χ0n) is 19.8. The van der Waals surface area contributed by atoms with E-state index in [0.29, 0.717) is 26.1 Å². The number of carbonyl (C=O) groups excluding carboxylic acids is 2. The first-order valence-corrected chi connectivity index (χ1v) is 12.4. The van der Waals surface area contributed by atoms with Gasteiger partial charge in [0.15, 0.2) is 0 Å². The fraction of sp³-hybridized carbons (Fsp3) is 0.500. The van der Waals surface area contributed by atoms with Crippen molar-refractivity contribution in [3.8, 4) is 5.75 Å². The van der Waals surface area contributed by atoms with Gasteiger partial charge in [-0.2, -0.15) is 0 Å². The first-order valence-electron chi connectivity index (χ1n) is 12.4. The van der Waals surface area contributed by atoms with Gasteiger partial charge in [-0.1, -0.05) is 37.1 Å². The SMILES string of the molecule is COc1cccc(C2(C(=O)N3CCC4(CC3)CC(=O)NC[C@H]4c3ccc(F)cc3)CCCC2)c1. The molecule has 5 rings (SSSR count). The Hall–Kier alpha value is -2.89. The van der Waals surface area contributed by atoms with Crippen LogP contribution in [0.3, 0.4) is 0 Å². The normalized spacial score (nSPS) is 23.5. The maximum absolute atomic E-state index is 14.0. The molecule has 1 atom stereocenters. The van der Waals surface area contributed by atoms with Gasteiger partial charge in [-0.15, -0.1) is 0 Å². The van der Waals surface area contributed by atoms with Gasteiger partial charge in [0.1, 0.15) is 11.6 Å². The average molecular weight is 465 g/mol. The van der Waals surface area contributed by atoms with Gasteiger partial charge in [-0.05, 0) is 66.5 Å². The molecule has 3 fully saturated rings. The van der Waals surface area contributed by atoms with E-state index in [4.69, 9.17) is 4.74 Å². The number of hydrogen-bond donors (Lipinski definition) is 1. The molecule has 1 spiro atoms. The second-order valence-corrected chi connectivity index (χ2v) is 10.3. The number of ether oxygens (including phenoxy) is 1. The molecular weight excluding hydrogens is 431 g/mol. The molecule has 0 radical (unpaired) electrons. The molecule has 2 heterocycles. The van der Waals surface area contributed by atoms with Crippen LogP contribution >= 0.6 is 0 Å². The van der Waals surface area contributed by atoms with E-state index in [9.17, 15) is 14.0 Å². The molecule has 1 aliphatic carbocycles. The number of rotatable bonds is 4. The van der Waals surface area contributed by atoms with Crippen LogP contribution in [0.25, 0.3) is 0 Å². The largest absolute Gasteiger partial charge is 0.497 e. The molecule has 2 amide bonds. The van der Waals surface area contributed by atoms with Crippen LogP contribution in [0.15, 0.2) is 48.5 Å². The third-order valence-electron chi connectivity index (χ3n) is 8.56. The number of methoxy groups -OCH3 is 1. The molecule has 34 heavy (non-hydrogen) atoms. The van der Waals surface area contributed by atoms with Gasteiger partial charge in [0, 0.05) is 32.0 Å². The van der Waals surface area contributed by atoms with Crippen LogP contribution in [0.4, 0.5) is 4.39 Å². The first-order chi connectivity index (χ1) is 16.5.